The Hall–Kier alpha value is -1.88. The van der Waals surface area contributed by atoms with Crippen molar-refractivity contribution in [2.24, 2.45) is 11.7 Å². The molecule has 5 nitrogen and oxygen atoms in total. The van der Waals surface area contributed by atoms with Crippen molar-refractivity contribution in [3.05, 3.63) is 29.3 Å². The number of ether oxygens (including phenoxy) is 2. The number of carbonyl (C=O) groups excluding carboxylic acids is 2. The first-order valence-corrected chi connectivity index (χ1v) is 8.89. The Morgan fingerprint density at radius 1 is 1.00 bits per heavy atom. The Morgan fingerprint density at radius 3 is 1.96 bits per heavy atom. The van der Waals surface area contributed by atoms with E-state index in [0.717, 1.165) is 11.1 Å². The van der Waals surface area contributed by atoms with Gasteiger partial charge in [-0.15, -0.1) is 0 Å². The molecule has 0 saturated carbocycles. The highest BCUT2D eigenvalue weighted by molar-refractivity contribution is 5.80. The highest BCUT2D eigenvalue weighted by Gasteiger charge is 2.21. The van der Waals surface area contributed by atoms with Crippen molar-refractivity contribution in [2.45, 2.75) is 65.8 Å². The fraction of sp³-hybridized carbons (Fsp3) is 0.600. The van der Waals surface area contributed by atoms with Crippen molar-refractivity contribution in [1.82, 2.24) is 0 Å². The normalized spacial score (nSPS) is 12.6. The average molecular weight is 349 g/mol. The zero-order valence-corrected chi connectivity index (χ0v) is 16.2. The summed E-state index contributed by atoms with van der Waals surface area (Å²) in [5.74, 6) is 0.0973. The van der Waals surface area contributed by atoms with Crippen LogP contribution in [0, 0.1) is 5.92 Å². The zero-order chi connectivity index (χ0) is 19.1. The third kappa shape index (κ3) is 6.50. The Kier molecular flexibility index (Phi) is 8.10. The molecule has 140 valence electrons. The number of hydrogen-bond acceptors (Lipinski definition) is 5. The van der Waals surface area contributed by atoms with Crippen LogP contribution in [0.3, 0.4) is 0 Å². The molecule has 0 unspecified atom stereocenters. The van der Waals surface area contributed by atoms with Gasteiger partial charge in [-0.25, -0.2) is 4.79 Å². The molecule has 0 radical (unpaired) electrons. The Bertz CT molecular complexity index is 567. The van der Waals surface area contributed by atoms with E-state index in [2.05, 4.69) is 0 Å². The molecule has 0 aromatic heterocycles. The third-order valence-corrected chi connectivity index (χ3v) is 3.90. The van der Waals surface area contributed by atoms with E-state index in [9.17, 15) is 9.59 Å². The van der Waals surface area contributed by atoms with Gasteiger partial charge in [0.25, 0.3) is 0 Å². The number of esters is 2. The van der Waals surface area contributed by atoms with E-state index in [0.29, 0.717) is 12.2 Å². The fourth-order valence-corrected chi connectivity index (χ4v) is 2.59. The number of carbonyl (C=O) groups is 2. The molecule has 1 aromatic rings. The summed E-state index contributed by atoms with van der Waals surface area (Å²) in [4.78, 5) is 24.0. The summed E-state index contributed by atoms with van der Waals surface area (Å²) in [6, 6.07) is 5.14. The second-order valence-corrected chi connectivity index (χ2v) is 7.39. The van der Waals surface area contributed by atoms with Crippen LogP contribution in [-0.4, -0.2) is 24.6 Å². The molecule has 1 atom stereocenters. The molecule has 0 fully saturated rings. The van der Waals surface area contributed by atoms with Crippen LogP contribution < -0.4 is 10.5 Å². The number of para-hydroxylation sites is 1. The quantitative estimate of drug-likeness (QED) is 0.571. The van der Waals surface area contributed by atoms with E-state index < -0.39 is 24.6 Å². The van der Waals surface area contributed by atoms with Crippen LogP contribution in [0.4, 0.5) is 0 Å². The van der Waals surface area contributed by atoms with E-state index >= 15 is 0 Å². The molecule has 0 heterocycles. The molecule has 0 amide bonds. The molecule has 1 rings (SSSR count). The molecule has 0 bridgehead atoms. The first-order chi connectivity index (χ1) is 11.6. The van der Waals surface area contributed by atoms with Crippen molar-refractivity contribution in [1.29, 1.82) is 0 Å². The maximum Gasteiger partial charge on any atom is 0.349 e. The van der Waals surface area contributed by atoms with Gasteiger partial charge in [0.15, 0.2) is 6.61 Å². The lowest BCUT2D eigenvalue weighted by Gasteiger charge is -2.19. The number of benzene rings is 1. The van der Waals surface area contributed by atoms with Crippen molar-refractivity contribution >= 4 is 11.9 Å². The molecule has 5 heteroatoms. The average Bonchev–Trinajstić information content (AvgIpc) is 2.51. The molecule has 0 aliphatic carbocycles. The van der Waals surface area contributed by atoms with Crippen LogP contribution in [0.1, 0.15) is 70.9 Å². The minimum atomic E-state index is -0.720. The van der Waals surface area contributed by atoms with Gasteiger partial charge >= 0.3 is 11.9 Å². The molecular formula is C20H31NO4. The van der Waals surface area contributed by atoms with Crippen LogP contribution in [0.25, 0.3) is 0 Å². The molecular weight excluding hydrogens is 318 g/mol. The highest BCUT2D eigenvalue weighted by atomic mass is 16.6. The number of hydrogen-bond donors (Lipinski definition) is 1. The van der Waals surface area contributed by atoms with Gasteiger partial charge in [0.05, 0.1) is 0 Å². The SMILES string of the molecule is CC(C)C[C@@H](N)C(=O)OCC(=O)Oc1c(C(C)C)cccc1C(C)C. The zero-order valence-electron chi connectivity index (χ0n) is 16.2. The Labute approximate surface area is 150 Å². The third-order valence-electron chi connectivity index (χ3n) is 3.90. The summed E-state index contributed by atoms with van der Waals surface area (Å²) < 4.78 is 10.6. The summed E-state index contributed by atoms with van der Waals surface area (Å²) in [5, 5.41) is 0. The minimum Gasteiger partial charge on any atom is -0.452 e. The largest absolute Gasteiger partial charge is 0.452 e. The molecule has 0 spiro atoms. The van der Waals surface area contributed by atoms with Crippen LogP contribution in [-0.2, 0) is 14.3 Å². The standard InChI is InChI=1S/C20H31NO4/c1-12(2)10-17(21)20(23)24-11-18(22)25-19-15(13(3)4)8-7-9-16(19)14(5)6/h7-9,12-14,17H,10-11,21H2,1-6H3/t17-/m1/s1. The molecule has 0 aliphatic heterocycles. The topological polar surface area (TPSA) is 78.6 Å². The second-order valence-electron chi connectivity index (χ2n) is 7.39. The van der Waals surface area contributed by atoms with Crippen molar-refractivity contribution < 1.29 is 19.1 Å². The number of nitrogens with two attached hydrogens (primary N) is 1. The molecule has 25 heavy (non-hydrogen) atoms. The Morgan fingerprint density at radius 2 is 1.52 bits per heavy atom. The summed E-state index contributed by atoms with van der Waals surface area (Å²) >= 11 is 0. The summed E-state index contributed by atoms with van der Waals surface area (Å²) in [7, 11) is 0. The molecule has 2 N–H and O–H groups in total. The van der Waals surface area contributed by atoms with Crippen molar-refractivity contribution in [3.63, 3.8) is 0 Å². The van der Waals surface area contributed by atoms with Gasteiger partial charge in [0.2, 0.25) is 0 Å². The predicted molar refractivity (Wildman–Crippen MR) is 98.6 cm³/mol. The van der Waals surface area contributed by atoms with E-state index in [-0.39, 0.29) is 17.8 Å². The predicted octanol–water partition coefficient (Wildman–Crippen LogP) is 3.76. The summed E-state index contributed by atoms with van der Waals surface area (Å²) in [5.41, 5.74) is 7.68. The second kappa shape index (κ2) is 9.56. The fourth-order valence-electron chi connectivity index (χ4n) is 2.59. The van der Waals surface area contributed by atoms with Crippen LogP contribution in [0.5, 0.6) is 5.75 Å². The first-order valence-electron chi connectivity index (χ1n) is 8.89. The number of rotatable bonds is 8. The smallest absolute Gasteiger partial charge is 0.349 e. The van der Waals surface area contributed by atoms with E-state index in [1.165, 1.54) is 0 Å². The summed E-state index contributed by atoms with van der Waals surface area (Å²) in [6.07, 6.45) is 0.515. The van der Waals surface area contributed by atoms with Gasteiger partial charge in [-0.2, -0.15) is 0 Å². The summed E-state index contributed by atoms with van der Waals surface area (Å²) in [6.45, 7) is 11.7. The van der Waals surface area contributed by atoms with Crippen LogP contribution in [0.15, 0.2) is 18.2 Å². The maximum absolute atomic E-state index is 12.2. The van der Waals surface area contributed by atoms with Gasteiger partial charge in [0, 0.05) is 0 Å². The van der Waals surface area contributed by atoms with E-state index in [1.807, 2.05) is 59.7 Å². The van der Waals surface area contributed by atoms with Crippen molar-refractivity contribution in [2.75, 3.05) is 6.61 Å². The highest BCUT2D eigenvalue weighted by Crippen LogP contribution is 2.34. The van der Waals surface area contributed by atoms with Gasteiger partial charge < -0.3 is 15.2 Å². The molecule has 1 aromatic carbocycles. The molecule has 0 aliphatic rings. The maximum atomic E-state index is 12.2. The first kappa shape index (κ1) is 21.2. The van der Waals surface area contributed by atoms with Crippen LogP contribution >= 0.6 is 0 Å². The lowest BCUT2D eigenvalue weighted by Crippen LogP contribution is -2.35. The monoisotopic (exact) mass is 349 g/mol. The van der Waals surface area contributed by atoms with Crippen molar-refractivity contribution in [3.8, 4) is 5.75 Å². The van der Waals surface area contributed by atoms with E-state index in [4.69, 9.17) is 15.2 Å². The van der Waals surface area contributed by atoms with Crippen LogP contribution in [0.2, 0.25) is 0 Å². The van der Waals surface area contributed by atoms with Gasteiger partial charge in [0.1, 0.15) is 11.8 Å². The lowest BCUT2D eigenvalue weighted by atomic mass is 9.94. The lowest BCUT2D eigenvalue weighted by molar-refractivity contribution is -0.155. The van der Waals surface area contributed by atoms with Gasteiger partial charge in [-0.3, -0.25) is 4.79 Å². The van der Waals surface area contributed by atoms with Gasteiger partial charge in [-0.1, -0.05) is 59.7 Å². The van der Waals surface area contributed by atoms with E-state index in [1.54, 1.807) is 0 Å². The Balaban J connectivity index is 2.79. The van der Waals surface area contributed by atoms with Gasteiger partial charge in [-0.05, 0) is 35.3 Å². The molecule has 0 saturated heterocycles. The minimum absolute atomic E-state index is 0.212.